The molecule has 2 saturated heterocycles. The zero-order valence-corrected chi connectivity index (χ0v) is 23.7. The van der Waals surface area contributed by atoms with Crippen LogP contribution in [0.4, 0.5) is 35.9 Å². The lowest BCUT2D eigenvalue weighted by Gasteiger charge is -2.38. The number of piperazine rings is 1. The molecule has 1 spiro atoms. The minimum atomic E-state index is -4.69. The SMILES string of the molecule is COc1ccc(N2C(=O)CS[C@]23C(=O)N(CN2CCN(c4ccc(C(F)(F)F)cc4[N+](=O)[O-])CC2)c2ccccc23)cc1. The number of halogens is 3. The van der Waals surface area contributed by atoms with Gasteiger partial charge in [0, 0.05) is 43.5 Å². The lowest BCUT2D eigenvalue weighted by atomic mass is 10.0. The molecule has 3 heterocycles. The van der Waals surface area contributed by atoms with E-state index in [0.717, 1.165) is 12.1 Å². The Morgan fingerprint density at radius 2 is 1.67 bits per heavy atom. The summed E-state index contributed by atoms with van der Waals surface area (Å²) in [7, 11) is 1.55. The van der Waals surface area contributed by atoms with Crippen LogP contribution in [0.2, 0.25) is 0 Å². The van der Waals surface area contributed by atoms with Crippen molar-refractivity contribution in [2.24, 2.45) is 0 Å². The van der Waals surface area contributed by atoms with Gasteiger partial charge in [0.15, 0.2) is 0 Å². The van der Waals surface area contributed by atoms with E-state index in [0.29, 0.717) is 54.9 Å². The molecule has 0 aliphatic carbocycles. The van der Waals surface area contributed by atoms with E-state index in [4.69, 9.17) is 4.74 Å². The average Bonchev–Trinajstić information content (AvgIpc) is 3.47. The molecular formula is C29H26F3N5O5S. The van der Waals surface area contributed by atoms with Crippen LogP contribution < -0.4 is 19.4 Å². The van der Waals surface area contributed by atoms with Gasteiger partial charge in [-0.1, -0.05) is 18.2 Å². The lowest BCUT2D eigenvalue weighted by Crippen LogP contribution is -2.54. The smallest absolute Gasteiger partial charge is 0.416 e. The Morgan fingerprint density at radius 3 is 2.33 bits per heavy atom. The van der Waals surface area contributed by atoms with Gasteiger partial charge in [0.2, 0.25) is 10.8 Å². The summed E-state index contributed by atoms with van der Waals surface area (Å²) in [6, 6.07) is 16.9. The number of fused-ring (bicyclic) bond motifs is 2. The number of alkyl halides is 3. The molecule has 3 aromatic carbocycles. The molecule has 10 nitrogen and oxygen atoms in total. The number of hydrogen-bond donors (Lipinski definition) is 0. The minimum absolute atomic E-state index is 0.121. The highest BCUT2D eigenvalue weighted by Crippen LogP contribution is 2.55. The Bertz CT molecular complexity index is 1600. The summed E-state index contributed by atoms with van der Waals surface area (Å²) in [5.41, 5.74) is 0.423. The molecule has 0 radical (unpaired) electrons. The highest BCUT2D eigenvalue weighted by molar-refractivity contribution is 8.02. The van der Waals surface area contributed by atoms with Crippen molar-refractivity contribution < 1.29 is 32.4 Å². The van der Waals surface area contributed by atoms with Crippen molar-refractivity contribution in [3.8, 4) is 5.75 Å². The summed E-state index contributed by atoms with van der Waals surface area (Å²) in [6.07, 6.45) is -4.69. The van der Waals surface area contributed by atoms with Crippen LogP contribution in [0.15, 0.2) is 66.7 Å². The highest BCUT2D eigenvalue weighted by Gasteiger charge is 2.61. The normalized spacial score (nSPS) is 20.7. The van der Waals surface area contributed by atoms with Gasteiger partial charge in [-0.05, 0) is 42.5 Å². The van der Waals surface area contributed by atoms with E-state index in [1.807, 2.05) is 29.2 Å². The predicted octanol–water partition coefficient (Wildman–Crippen LogP) is 4.68. The standard InChI is InChI=1S/C29H26F3N5O5S/c1-42-21-9-7-20(8-10-21)36-26(38)17-43-28(36)22-4-2-3-5-23(22)35(27(28)39)18-33-12-14-34(15-13-33)24-11-6-19(29(30,31)32)16-25(24)37(40)41/h2-11,16H,12-15,17-18H2,1H3/t28-/m1/s1. The second kappa shape index (κ2) is 10.8. The third-order valence-electron chi connectivity index (χ3n) is 7.95. The number of benzene rings is 3. The van der Waals surface area contributed by atoms with Gasteiger partial charge in [-0.3, -0.25) is 34.4 Å². The molecule has 0 bridgehead atoms. The van der Waals surface area contributed by atoms with E-state index in [1.165, 1.54) is 11.8 Å². The lowest BCUT2D eigenvalue weighted by molar-refractivity contribution is -0.384. The molecule has 2 amide bonds. The summed E-state index contributed by atoms with van der Waals surface area (Å²) < 4.78 is 44.8. The number of nitro groups is 1. The van der Waals surface area contributed by atoms with E-state index in [2.05, 4.69) is 0 Å². The summed E-state index contributed by atoms with van der Waals surface area (Å²) >= 11 is 1.28. The van der Waals surface area contributed by atoms with Crippen LogP contribution in [-0.2, 0) is 20.6 Å². The van der Waals surface area contributed by atoms with Crippen molar-refractivity contribution in [3.05, 3.63) is 88.0 Å². The number of anilines is 3. The van der Waals surface area contributed by atoms with Crippen molar-refractivity contribution in [1.29, 1.82) is 0 Å². The molecule has 6 rings (SSSR count). The van der Waals surface area contributed by atoms with E-state index < -0.39 is 27.2 Å². The Kier molecular flexibility index (Phi) is 7.21. The summed E-state index contributed by atoms with van der Waals surface area (Å²) in [5, 5.41) is 11.6. The number of hydrogen-bond acceptors (Lipinski definition) is 8. The molecule has 3 aliphatic rings. The quantitative estimate of drug-likeness (QED) is 0.292. The first-order chi connectivity index (χ1) is 20.5. The van der Waals surface area contributed by atoms with Crippen LogP contribution >= 0.6 is 11.8 Å². The third-order valence-corrected chi connectivity index (χ3v) is 9.33. The maximum atomic E-state index is 14.3. The molecule has 43 heavy (non-hydrogen) atoms. The molecule has 14 heteroatoms. The van der Waals surface area contributed by atoms with E-state index >= 15 is 0 Å². The van der Waals surface area contributed by atoms with Crippen LogP contribution in [0.3, 0.4) is 0 Å². The minimum Gasteiger partial charge on any atom is -0.497 e. The molecule has 0 aromatic heterocycles. The summed E-state index contributed by atoms with van der Waals surface area (Å²) in [6.45, 7) is 1.65. The zero-order chi connectivity index (χ0) is 30.5. The number of carbonyl (C=O) groups excluding carboxylic acids is 2. The van der Waals surface area contributed by atoms with Crippen LogP contribution in [0, 0.1) is 10.1 Å². The highest BCUT2D eigenvalue weighted by atomic mass is 32.2. The zero-order valence-electron chi connectivity index (χ0n) is 22.9. The molecule has 0 N–H and O–H groups in total. The number of ether oxygens (including phenoxy) is 1. The molecule has 0 unspecified atom stereocenters. The van der Waals surface area contributed by atoms with Gasteiger partial charge in [-0.15, -0.1) is 11.8 Å². The van der Waals surface area contributed by atoms with Gasteiger partial charge in [-0.2, -0.15) is 13.2 Å². The number of nitrogens with zero attached hydrogens (tertiary/aromatic N) is 5. The molecule has 3 aliphatic heterocycles. The molecule has 1 atom stereocenters. The van der Waals surface area contributed by atoms with Gasteiger partial charge < -0.3 is 9.64 Å². The van der Waals surface area contributed by atoms with E-state index in [1.54, 1.807) is 46.1 Å². The number of amides is 2. The second-order valence-corrected chi connectivity index (χ2v) is 11.5. The van der Waals surface area contributed by atoms with E-state index in [-0.39, 0.29) is 29.9 Å². The van der Waals surface area contributed by atoms with Crippen LogP contribution in [0.5, 0.6) is 5.75 Å². The maximum Gasteiger partial charge on any atom is 0.416 e. The Balaban J connectivity index is 1.23. The van der Waals surface area contributed by atoms with Crippen molar-refractivity contribution in [1.82, 2.24) is 4.90 Å². The Morgan fingerprint density at radius 1 is 0.977 bits per heavy atom. The van der Waals surface area contributed by atoms with Crippen molar-refractivity contribution in [3.63, 3.8) is 0 Å². The molecule has 224 valence electrons. The second-order valence-electron chi connectivity index (χ2n) is 10.3. The maximum absolute atomic E-state index is 14.3. The number of methoxy groups -OCH3 is 1. The summed E-state index contributed by atoms with van der Waals surface area (Å²) in [5.74, 6) is 0.315. The summed E-state index contributed by atoms with van der Waals surface area (Å²) in [4.78, 5) is 44.0. The number of para-hydroxylation sites is 1. The first kappa shape index (κ1) is 28.8. The Labute approximate surface area is 248 Å². The molecular weight excluding hydrogens is 587 g/mol. The topological polar surface area (TPSA) is 99.5 Å². The third kappa shape index (κ3) is 4.83. The van der Waals surface area contributed by atoms with Gasteiger partial charge in [-0.25, -0.2) is 0 Å². The van der Waals surface area contributed by atoms with Crippen LogP contribution in [-0.4, -0.2) is 67.3 Å². The first-order valence-corrected chi connectivity index (χ1v) is 14.4. The number of thioether (sulfide) groups is 1. The largest absolute Gasteiger partial charge is 0.497 e. The fourth-order valence-electron chi connectivity index (χ4n) is 5.87. The fourth-order valence-corrected chi connectivity index (χ4v) is 7.23. The van der Waals surface area contributed by atoms with Gasteiger partial charge >= 0.3 is 6.18 Å². The van der Waals surface area contributed by atoms with Gasteiger partial charge in [0.1, 0.15) is 11.4 Å². The average molecular weight is 614 g/mol. The van der Waals surface area contributed by atoms with Crippen LogP contribution in [0.25, 0.3) is 0 Å². The first-order valence-electron chi connectivity index (χ1n) is 13.4. The predicted molar refractivity (Wildman–Crippen MR) is 155 cm³/mol. The van der Waals surface area contributed by atoms with Crippen molar-refractivity contribution in [2.75, 3.05) is 60.4 Å². The van der Waals surface area contributed by atoms with Crippen LogP contribution in [0.1, 0.15) is 11.1 Å². The Hall–Kier alpha value is -4.30. The van der Waals surface area contributed by atoms with Gasteiger partial charge in [0.25, 0.3) is 11.6 Å². The fraction of sp³-hybridized carbons (Fsp3) is 0.310. The number of rotatable bonds is 6. The van der Waals surface area contributed by atoms with Gasteiger partial charge in [0.05, 0.1) is 35.7 Å². The van der Waals surface area contributed by atoms with Crippen molar-refractivity contribution >= 4 is 46.3 Å². The van der Waals surface area contributed by atoms with Crippen molar-refractivity contribution in [2.45, 2.75) is 11.0 Å². The number of carbonyl (C=O) groups is 2. The monoisotopic (exact) mass is 613 g/mol. The molecule has 0 saturated carbocycles. The van der Waals surface area contributed by atoms with E-state index in [9.17, 15) is 32.9 Å². The number of nitro benzene ring substituents is 1. The molecule has 2 fully saturated rings. The molecule has 3 aromatic rings.